The summed E-state index contributed by atoms with van der Waals surface area (Å²) < 4.78 is 30.0. The first-order valence-corrected chi connectivity index (χ1v) is 11.7. The highest BCUT2D eigenvalue weighted by Crippen LogP contribution is 2.24. The Hall–Kier alpha value is -4.11. The Morgan fingerprint density at radius 1 is 0.879 bits per heavy atom. The molecule has 0 aliphatic heterocycles. The minimum absolute atomic E-state index is 0.264. The molecule has 1 N–H and O–H groups in total. The normalized spacial score (nSPS) is 11.6. The maximum Gasteiger partial charge on any atom is 0.262 e. The number of hydrogen-bond donors (Lipinski definition) is 1. The highest BCUT2D eigenvalue weighted by atomic mass is 32.2. The standard InChI is InChI=1S/C24H20N6O2S/c1-16-5-11-22(17(2)14-16)33(31,32)29-20-8-6-18(7-9-20)21-10-12-23-26-27-24(30(23)28-21)19-4-3-13-25-15-19/h3-15,29H,1-2H3. The summed E-state index contributed by atoms with van der Waals surface area (Å²) in [6.45, 7) is 3.72. The molecule has 0 radical (unpaired) electrons. The molecule has 0 unspecified atom stereocenters. The van der Waals surface area contributed by atoms with Crippen LogP contribution in [0.5, 0.6) is 0 Å². The summed E-state index contributed by atoms with van der Waals surface area (Å²) in [6, 6.07) is 19.8. The molecule has 0 bridgehead atoms. The van der Waals surface area contributed by atoms with Crippen LogP contribution in [0.2, 0.25) is 0 Å². The van der Waals surface area contributed by atoms with Gasteiger partial charge in [-0.05, 0) is 61.9 Å². The smallest absolute Gasteiger partial charge is 0.262 e. The number of sulfonamides is 1. The molecule has 3 heterocycles. The van der Waals surface area contributed by atoms with E-state index in [4.69, 9.17) is 0 Å². The highest BCUT2D eigenvalue weighted by Gasteiger charge is 2.17. The highest BCUT2D eigenvalue weighted by molar-refractivity contribution is 7.92. The first-order valence-electron chi connectivity index (χ1n) is 10.2. The second-order valence-electron chi connectivity index (χ2n) is 7.71. The average molecular weight is 457 g/mol. The molecule has 0 aliphatic carbocycles. The fourth-order valence-corrected chi connectivity index (χ4v) is 4.92. The summed E-state index contributed by atoms with van der Waals surface area (Å²) in [6.07, 6.45) is 3.41. The lowest BCUT2D eigenvalue weighted by Gasteiger charge is -2.11. The van der Waals surface area contributed by atoms with Crippen LogP contribution in [0.25, 0.3) is 28.3 Å². The van der Waals surface area contributed by atoms with E-state index in [1.165, 1.54) is 0 Å². The lowest BCUT2D eigenvalue weighted by molar-refractivity contribution is 0.600. The van der Waals surface area contributed by atoms with Crippen LogP contribution in [0.1, 0.15) is 11.1 Å². The molecule has 9 heteroatoms. The number of aryl methyl sites for hydroxylation is 2. The van der Waals surface area contributed by atoms with Crippen LogP contribution < -0.4 is 4.72 Å². The zero-order valence-electron chi connectivity index (χ0n) is 18.0. The van der Waals surface area contributed by atoms with Crippen molar-refractivity contribution in [3.05, 3.63) is 90.3 Å². The molecule has 3 aromatic heterocycles. The number of nitrogens with one attached hydrogen (secondary N) is 1. The number of nitrogens with zero attached hydrogens (tertiary/aromatic N) is 5. The number of rotatable bonds is 5. The van der Waals surface area contributed by atoms with Gasteiger partial charge in [0, 0.05) is 29.2 Å². The van der Waals surface area contributed by atoms with Crippen molar-refractivity contribution < 1.29 is 8.42 Å². The van der Waals surface area contributed by atoms with Crippen LogP contribution in [-0.4, -0.2) is 33.2 Å². The minimum atomic E-state index is -3.69. The van der Waals surface area contributed by atoms with Crippen molar-refractivity contribution in [2.24, 2.45) is 0 Å². The van der Waals surface area contributed by atoms with Gasteiger partial charge in [0.1, 0.15) is 0 Å². The van der Waals surface area contributed by atoms with E-state index < -0.39 is 10.0 Å². The summed E-state index contributed by atoms with van der Waals surface area (Å²) >= 11 is 0. The first-order chi connectivity index (χ1) is 15.9. The van der Waals surface area contributed by atoms with E-state index in [2.05, 4.69) is 25.0 Å². The van der Waals surface area contributed by atoms with Gasteiger partial charge in [0.05, 0.1) is 10.6 Å². The first kappa shape index (κ1) is 20.8. The van der Waals surface area contributed by atoms with Crippen molar-refractivity contribution in [1.82, 2.24) is 24.8 Å². The van der Waals surface area contributed by atoms with Crippen LogP contribution in [-0.2, 0) is 10.0 Å². The van der Waals surface area contributed by atoms with Crippen LogP contribution in [0.3, 0.4) is 0 Å². The van der Waals surface area contributed by atoms with Crippen LogP contribution >= 0.6 is 0 Å². The molecule has 8 nitrogen and oxygen atoms in total. The quantitative estimate of drug-likeness (QED) is 0.424. The number of anilines is 1. The predicted molar refractivity (Wildman–Crippen MR) is 126 cm³/mol. The second-order valence-corrected chi connectivity index (χ2v) is 9.36. The molecular formula is C24H20N6O2S. The largest absolute Gasteiger partial charge is 0.280 e. The van der Waals surface area contributed by atoms with Gasteiger partial charge in [0.15, 0.2) is 11.5 Å². The number of aromatic nitrogens is 5. The van der Waals surface area contributed by atoms with Gasteiger partial charge in [-0.3, -0.25) is 9.71 Å². The molecule has 0 fully saturated rings. The molecule has 0 spiro atoms. The van der Waals surface area contributed by atoms with Gasteiger partial charge in [0.2, 0.25) is 0 Å². The second kappa shape index (κ2) is 8.10. The van der Waals surface area contributed by atoms with E-state index in [0.29, 0.717) is 28.4 Å². The van der Waals surface area contributed by atoms with Crippen molar-refractivity contribution in [2.45, 2.75) is 18.7 Å². The van der Waals surface area contributed by atoms with Crippen molar-refractivity contribution in [3.63, 3.8) is 0 Å². The topological polar surface area (TPSA) is 102 Å². The molecule has 5 aromatic rings. The average Bonchev–Trinajstić information content (AvgIpc) is 3.23. The van der Waals surface area contributed by atoms with Gasteiger partial charge in [-0.15, -0.1) is 10.2 Å². The Morgan fingerprint density at radius 3 is 2.42 bits per heavy atom. The molecule has 0 amide bonds. The zero-order valence-corrected chi connectivity index (χ0v) is 18.8. The Kier molecular flexibility index (Phi) is 5.10. The fourth-order valence-electron chi connectivity index (χ4n) is 3.64. The number of pyridine rings is 1. The lowest BCUT2D eigenvalue weighted by Crippen LogP contribution is -2.14. The predicted octanol–water partition coefficient (Wildman–Crippen LogP) is 4.27. The molecule has 2 aromatic carbocycles. The Balaban J connectivity index is 1.44. The Labute approximate surface area is 191 Å². The number of hydrogen-bond acceptors (Lipinski definition) is 6. The van der Waals surface area contributed by atoms with Gasteiger partial charge in [0.25, 0.3) is 10.0 Å². The van der Waals surface area contributed by atoms with Gasteiger partial charge in [-0.1, -0.05) is 29.8 Å². The minimum Gasteiger partial charge on any atom is -0.280 e. The summed E-state index contributed by atoms with van der Waals surface area (Å²) in [5, 5.41) is 13.1. The SMILES string of the molecule is Cc1ccc(S(=O)(=O)Nc2ccc(-c3ccc4nnc(-c5cccnc5)n4n3)cc2)c(C)c1. The van der Waals surface area contributed by atoms with Crippen LogP contribution in [0.15, 0.2) is 84.0 Å². The zero-order chi connectivity index (χ0) is 23.0. The van der Waals surface area contributed by atoms with E-state index in [1.807, 2.05) is 49.4 Å². The number of benzene rings is 2. The Bertz CT molecular complexity index is 1560. The van der Waals surface area contributed by atoms with E-state index in [-0.39, 0.29) is 4.90 Å². The third kappa shape index (κ3) is 4.06. The van der Waals surface area contributed by atoms with Gasteiger partial charge < -0.3 is 0 Å². The maximum atomic E-state index is 12.8. The van der Waals surface area contributed by atoms with Gasteiger partial charge in [-0.25, -0.2) is 8.42 Å². The third-order valence-electron chi connectivity index (χ3n) is 5.24. The summed E-state index contributed by atoms with van der Waals surface area (Å²) in [5.74, 6) is 0.595. The van der Waals surface area contributed by atoms with Crippen molar-refractivity contribution >= 4 is 21.4 Å². The van der Waals surface area contributed by atoms with E-state index >= 15 is 0 Å². The molecule has 5 rings (SSSR count). The van der Waals surface area contributed by atoms with Crippen LogP contribution in [0.4, 0.5) is 5.69 Å². The van der Waals surface area contributed by atoms with E-state index in [0.717, 1.165) is 16.7 Å². The Morgan fingerprint density at radius 2 is 1.70 bits per heavy atom. The fraction of sp³-hybridized carbons (Fsp3) is 0.0833. The maximum absolute atomic E-state index is 12.8. The lowest BCUT2D eigenvalue weighted by atomic mass is 10.1. The van der Waals surface area contributed by atoms with E-state index in [9.17, 15) is 8.42 Å². The van der Waals surface area contributed by atoms with Gasteiger partial charge in [-0.2, -0.15) is 9.61 Å². The van der Waals surface area contributed by atoms with Crippen LogP contribution in [0, 0.1) is 13.8 Å². The molecule has 164 valence electrons. The molecule has 0 aliphatic rings. The molecule has 0 saturated carbocycles. The molecule has 0 atom stereocenters. The van der Waals surface area contributed by atoms with Crippen molar-refractivity contribution in [2.75, 3.05) is 4.72 Å². The molecule has 33 heavy (non-hydrogen) atoms. The number of fused-ring (bicyclic) bond motifs is 1. The van der Waals surface area contributed by atoms with Crippen molar-refractivity contribution in [1.29, 1.82) is 0 Å². The summed E-state index contributed by atoms with van der Waals surface area (Å²) in [4.78, 5) is 4.40. The molecular weight excluding hydrogens is 436 g/mol. The third-order valence-corrected chi connectivity index (χ3v) is 6.78. The summed E-state index contributed by atoms with van der Waals surface area (Å²) in [7, 11) is -3.69. The van der Waals surface area contributed by atoms with Crippen molar-refractivity contribution in [3.8, 4) is 22.6 Å². The monoisotopic (exact) mass is 456 g/mol. The molecule has 0 saturated heterocycles. The van der Waals surface area contributed by atoms with E-state index in [1.54, 1.807) is 48.1 Å². The van der Waals surface area contributed by atoms with Gasteiger partial charge >= 0.3 is 0 Å². The summed E-state index contributed by atoms with van der Waals surface area (Å²) in [5.41, 5.74) is 5.16.